The molecule has 0 spiro atoms. The molecule has 0 aliphatic rings. The van der Waals surface area contributed by atoms with Crippen molar-refractivity contribution < 1.29 is 9.53 Å². The van der Waals surface area contributed by atoms with Crippen molar-refractivity contribution in [1.82, 2.24) is 9.55 Å². The van der Waals surface area contributed by atoms with E-state index in [-0.39, 0.29) is 6.10 Å². The second-order valence-electron chi connectivity index (χ2n) is 6.68. The van der Waals surface area contributed by atoms with E-state index in [2.05, 4.69) is 28.5 Å². The molecule has 0 saturated carbocycles. The van der Waals surface area contributed by atoms with E-state index in [1.54, 1.807) is 29.5 Å². The van der Waals surface area contributed by atoms with Crippen molar-refractivity contribution in [2.45, 2.75) is 20.0 Å². The highest BCUT2D eigenvalue weighted by molar-refractivity contribution is 7.23. The number of aryl methyl sites for hydroxylation is 1. The van der Waals surface area contributed by atoms with Gasteiger partial charge in [0.05, 0.1) is 34.2 Å². The van der Waals surface area contributed by atoms with Gasteiger partial charge in [0.15, 0.2) is 0 Å². The van der Waals surface area contributed by atoms with Crippen molar-refractivity contribution in [3.05, 3.63) is 48.3 Å². The largest absolute Gasteiger partial charge is 0.489 e. The predicted octanol–water partition coefficient (Wildman–Crippen LogP) is 4.42. The first-order chi connectivity index (χ1) is 12.9. The summed E-state index contributed by atoms with van der Waals surface area (Å²) >= 11 is 1.63. The minimum atomic E-state index is -0.472. The van der Waals surface area contributed by atoms with Crippen LogP contribution in [-0.4, -0.2) is 21.6 Å². The molecule has 0 radical (unpaired) electrons. The molecular weight excluding hydrogens is 360 g/mol. The Balaban J connectivity index is 1.77. The molecule has 7 heteroatoms. The average Bonchev–Trinajstić information content (AvgIpc) is 3.19. The molecule has 1 amide bonds. The summed E-state index contributed by atoms with van der Waals surface area (Å²) in [5.74, 6) is 0.205. The molecule has 0 saturated heterocycles. The molecule has 2 aromatic carbocycles. The maximum absolute atomic E-state index is 11.6. The Morgan fingerprint density at radius 3 is 2.81 bits per heavy atom. The van der Waals surface area contributed by atoms with Crippen LogP contribution in [0.5, 0.6) is 5.75 Å². The normalized spacial score (nSPS) is 11.4. The number of amides is 1. The molecule has 0 bridgehead atoms. The van der Waals surface area contributed by atoms with Crippen molar-refractivity contribution in [1.29, 1.82) is 0 Å². The molecule has 2 heterocycles. The highest BCUT2D eigenvalue weighted by atomic mass is 32.1. The Morgan fingerprint density at radius 2 is 2.07 bits per heavy atom. The van der Waals surface area contributed by atoms with E-state index < -0.39 is 5.91 Å². The van der Waals surface area contributed by atoms with Gasteiger partial charge in [0.25, 0.3) is 0 Å². The smallest absolute Gasteiger partial charge is 0.248 e. The molecule has 0 aliphatic heterocycles. The first-order valence-corrected chi connectivity index (χ1v) is 9.45. The maximum Gasteiger partial charge on any atom is 0.248 e. The summed E-state index contributed by atoms with van der Waals surface area (Å²) in [5, 5.41) is 5.42. The van der Waals surface area contributed by atoms with Crippen molar-refractivity contribution in [2.24, 2.45) is 12.8 Å². The van der Waals surface area contributed by atoms with Gasteiger partial charge >= 0.3 is 0 Å². The van der Waals surface area contributed by atoms with Crippen LogP contribution in [0.2, 0.25) is 0 Å². The van der Waals surface area contributed by atoms with Gasteiger partial charge in [0.1, 0.15) is 5.75 Å². The molecular formula is C20H20N4O2S. The van der Waals surface area contributed by atoms with Gasteiger partial charge in [-0.2, -0.15) is 0 Å². The van der Waals surface area contributed by atoms with E-state index in [1.165, 1.54) is 0 Å². The van der Waals surface area contributed by atoms with Crippen molar-refractivity contribution in [3.63, 3.8) is 0 Å². The number of anilines is 2. The zero-order valence-electron chi connectivity index (χ0n) is 15.3. The SMILES string of the molecule is CC(C)Oc1ccc(C(N)=O)cc1Nc1cc2c(ccc3c2ncn3C)s1. The fourth-order valence-corrected chi connectivity index (χ4v) is 4.02. The number of imidazole rings is 1. The molecule has 3 N–H and O–H groups in total. The second kappa shape index (κ2) is 6.59. The van der Waals surface area contributed by atoms with Crippen LogP contribution in [0.25, 0.3) is 21.1 Å². The predicted molar refractivity (Wildman–Crippen MR) is 110 cm³/mol. The fourth-order valence-electron chi connectivity index (χ4n) is 3.04. The van der Waals surface area contributed by atoms with Gasteiger partial charge in [0.2, 0.25) is 5.91 Å². The summed E-state index contributed by atoms with van der Waals surface area (Å²) in [6.45, 7) is 3.92. The fraction of sp³-hybridized carbons (Fsp3) is 0.200. The van der Waals surface area contributed by atoms with Crippen molar-refractivity contribution in [3.8, 4) is 5.75 Å². The van der Waals surface area contributed by atoms with Crippen LogP contribution in [0.1, 0.15) is 24.2 Å². The summed E-state index contributed by atoms with van der Waals surface area (Å²) in [7, 11) is 1.98. The number of hydrogen-bond acceptors (Lipinski definition) is 5. The number of primary amides is 1. The van der Waals surface area contributed by atoms with Gasteiger partial charge in [-0.15, -0.1) is 11.3 Å². The number of nitrogens with two attached hydrogens (primary N) is 1. The Kier molecular flexibility index (Phi) is 4.24. The van der Waals surface area contributed by atoms with Gasteiger partial charge in [-0.05, 0) is 50.2 Å². The number of fused-ring (bicyclic) bond motifs is 3. The molecule has 27 heavy (non-hydrogen) atoms. The first-order valence-electron chi connectivity index (χ1n) is 8.63. The zero-order chi connectivity index (χ0) is 19.1. The van der Waals surface area contributed by atoms with Crippen LogP contribution in [0, 0.1) is 0 Å². The van der Waals surface area contributed by atoms with Gasteiger partial charge in [0, 0.05) is 22.7 Å². The highest BCUT2D eigenvalue weighted by Gasteiger charge is 2.13. The van der Waals surface area contributed by atoms with E-state index in [0.29, 0.717) is 17.0 Å². The molecule has 2 aromatic heterocycles. The third-order valence-corrected chi connectivity index (χ3v) is 5.29. The number of thiophene rings is 1. The lowest BCUT2D eigenvalue weighted by Gasteiger charge is -2.15. The zero-order valence-corrected chi connectivity index (χ0v) is 16.1. The summed E-state index contributed by atoms with van der Waals surface area (Å²) in [6, 6.07) is 11.4. The summed E-state index contributed by atoms with van der Waals surface area (Å²) in [5.41, 5.74) is 8.65. The molecule has 4 aromatic rings. The third kappa shape index (κ3) is 3.21. The standard InChI is InChI=1S/C20H20N4O2S/c1-11(2)26-16-6-4-12(20(21)25)8-14(16)23-18-9-13-17(27-18)7-5-15-19(13)22-10-24(15)3/h4-11,23H,1-3H3,(H2,21,25). The first kappa shape index (κ1) is 17.4. The number of hydrogen-bond donors (Lipinski definition) is 2. The quantitative estimate of drug-likeness (QED) is 0.537. The number of rotatable bonds is 5. The third-order valence-electron chi connectivity index (χ3n) is 4.28. The number of carbonyl (C=O) groups excluding carboxylic acids is 1. The Hall–Kier alpha value is -3.06. The van der Waals surface area contributed by atoms with E-state index in [4.69, 9.17) is 10.5 Å². The van der Waals surface area contributed by atoms with E-state index in [1.807, 2.05) is 31.8 Å². The molecule has 6 nitrogen and oxygen atoms in total. The number of carbonyl (C=O) groups is 1. The number of nitrogens with zero attached hydrogens (tertiary/aromatic N) is 2. The molecule has 0 unspecified atom stereocenters. The van der Waals surface area contributed by atoms with Crippen LogP contribution >= 0.6 is 11.3 Å². The minimum Gasteiger partial charge on any atom is -0.489 e. The van der Waals surface area contributed by atoms with Gasteiger partial charge in [-0.3, -0.25) is 4.79 Å². The average molecular weight is 380 g/mol. The van der Waals surface area contributed by atoms with Crippen LogP contribution in [0.4, 0.5) is 10.7 Å². The number of benzene rings is 2. The van der Waals surface area contributed by atoms with Gasteiger partial charge < -0.3 is 20.4 Å². The molecule has 0 aliphatic carbocycles. The Morgan fingerprint density at radius 1 is 1.26 bits per heavy atom. The summed E-state index contributed by atoms with van der Waals surface area (Å²) in [6.07, 6.45) is 1.83. The molecule has 0 fully saturated rings. The summed E-state index contributed by atoms with van der Waals surface area (Å²) < 4.78 is 9.02. The highest BCUT2D eigenvalue weighted by Crippen LogP contribution is 2.38. The van der Waals surface area contributed by atoms with Crippen LogP contribution in [-0.2, 0) is 7.05 Å². The van der Waals surface area contributed by atoms with E-state index >= 15 is 0 Å². The number of aromatic nitrogens is 2. The molecule has 0 atom stereocenters. The lowest BCUT2D eigenvalue weighted by atomic mass is 10.1. The van der Waals surface area contributed by atoms with Crippen LogP contribution < -0.4 is 15.8 Å². The van der Waals surface area contributed by atoms with Crippen molar-refractivity contribution >= 4 is 49.1 Å². The topological polar surface area (TPSA) is 82.2 Å². The lowest BCUT2D eigenvalue weighted by molar-refractivity contribution is 0.100. The lowest BCUT2D eigenvalue weighted by Crippen LogP contribution is -2.12. The monoisotopic (exact) mass is 380 g/mol. The minimum absolute atomic E-state index is 0.0144. The maximum atomic E-state index is 11.6. The second-order valence-corrected chi connectivity index (χ2v) is 7.76. The van der Waals surface area contributed by atoms with Crippen LogP contribution in [0.3, 0.4) is 0 Å². The van der Waals surface area contributed by atoms with Crippen molar-refractivity contribution in [2.75, 3.05) is 5.32 Å². The van der Waals surface area contributed by atoms with E-state index in [0.717, 1.165) is 26.1 Å². The Bertz CT molecular complexity index is 1160. The van der Waals surface area contributed by atoms with Crippen LogP contribution in [0.15, 0.2) is 42.7 Å². The van der Waals surface area contributed by atoms with Gasteiger partial charge in [-0.1, -0.05) is 0 Å². The van der Waals surface area contributed by atoms with E-state index in [9.17, 15) is 4.79 Å². The van der Waals surface area contributed by atoms with Gasteiger partial charge in [-0.25, -0.2) is 4.98 Å². The number of nitrogens with one attached hydrogen (secondary N) is 1. The number of ether oxygens (including phenoxy) is 1. The molecule has 138 valence electrons. The molecule has 4 rings (SSSR count). The Labute approximate surface area is 160 Å². The summed E-state index contributed by atoms with van der Waals surface area (Å²) in [4.78, 5) is 16.1.